The van der Waals surface area contributed by atoms with Crippen LogP contribution in [0.2, 0.25) is 0 Å². The van der Waals surface area contributed by atoms with E-state index >= 15 is 0 Å². The second kappa shape index (κ2) is 4.61. The van der Waals surface area contributed by atoms with Crippen LogP contribution in [-0.2, 0) is 11.3 Å². The average Bonchev–Trinajstić information content (AvgIpc) is 2.46. The minimum absolute atomic E-state index is 0.0427. The Morgan fingerprint density at radius 2 is 2.44 bits per heavy atom. The van der Waals surface area contributed by atoms with Crippen LogP contribution >= 0.6 is 0 Å². The standard InChI is InChI=1S/C12H17N3O/c1-3-8(2)11-12(16)15-10-7-13-5-4-9(10)6-14-11/h4-5,7-8,11,14H,3,6H2,1-2H3,(H,15,16)/t8?,11-/m0/s1. The molecule has 4 nitrogen and oxygen atoms in total. The average molecular weight is 219 g/mol. The first-order valence-corrected chi connectivity index (χ1v) is 5.69. The van der Waals surface area contributed by atoms with Gasteiger partial charge in [0.1, 0.15) is 0 Å². The molecular weight excluding hydrogens is 202 g/mol. The van der Waals surface area contributed by atoms with Gasteiger partial charge >= 0.3 is 0 Å². The van der Waals surface area contributed by atoms with Crippen LogP contribution in [0.15, 0.2) is 18.5 Å². The Balaban J connectivity index is 2.22. The summed E-state index contributed by atoms with van der Waals surface area (Å²) in [7, 11) is 0. The van der Waals surface area contributed by atoms with Crippen LogP contribution < -0.4 is 10.6 Å². The van der Waals surface area contributed by atoms with E-state index in [1.165, 1.54) is 0 Å². The van der Waals surface area contributed by atoms with Crippen LogP contribution in [0.4, 0.5) is 5.69 Å². The Hall–Kier alpha value is -1.42. The molecule has 0 aliphatic carbocycles. The maximum absolute atomic E-state index is 12.0. The number of anilines is 1. The molecule has 0 bridgehead atoms. The van der Waals surface area contributed by atoms with E-state index in [0.717, 1.165) is 17.7 Å². The number of amides is 1. The second-order valence-electron chi connectivity index (χ2n) is 4.27. The van der Waals surface area contributed by atoms with Gasteiger partial charge in [0, 0.05) is 12.7 Å². The van der Waals surface area contributed by atoms with Gasteiger partial charge in [-0.2, -0.15) is 0 Å². The number of hydrogen-bond donors (Lipinski definition) is 2. The number of aromatic nitrogens is 1. The van der Waals surface area contributed by atoms with E-state index in [9.17, 15) is 4.79 Å². The largest absolute Gasteiger partial charge is 0.323 e. The molecule has 0 spiro atoms. The molecule has 1 aliphatic rings. The SMILES string of the molecule is CCC(C)[C@@H]1NCc2ccncc2NC1=O. The first kappa shape index (κ1) is 11.1. The molecule has 2 N–H and O–H groups in total. The number of nitrogens with zero attached hydrogens (tertiary/aromatic N) is 1. The molecule has 2 rings (SSSR count). The van der Waals surface area contributed by atoms with Gasteiger partial charge < -0.3 is 10.6 Å². The van der Waals surface area contributed by atoms with E-state index in [1.807, 2.05) is 6.07 Å². The molecule has 0 saturated carbocycles. The summed E-state index contributed by atoms with van der Waals surface area (Å²) in [6.45, 7) is 4.90. The van der Waals surface area contributed by atoms with Crippen LogP contribution in [0.3, 0.4) is 0 Å². The molecule has 1 unspecified atom stereocenters. The third-order valence-electron chi connectivity index (χ3n) is 3.18. The van der Waals surface area contributed by atoms with Gasteiger partial charge in [-0.1, -0.05) is 20.3 Å². The zero-order valence-corrected chi connectivity index (χ0v) is 9.66. The van der Waals surface area contributed by atoms with Crippen LogP contribution in [-0.4, -0.2) is 16.9 Å². The van der Waals surface area contributed by atoms with Crippen molar-refractivity contribution in [2.45, 2.75) is 32.9 Å². The van der Waals surface area contributed by atoms with Gasteiger partial charge in [0.15, 0.2) is 0 Å². The summed E-state index contributed by atoms with van der Waals surface area (Å²) in [5.74, 6) is 0.378. The topological polar surface area (TPSA) is 54.0 Å². The van der Waals surface area contributed by atoms with Crippen molar-refractivity contribution in [1.82, 2.24) is 10.3 Å². The van der Waals surface area contributed by atoms with Gasteiger partial charge in [-0.05, 0) is 17.5 Å². The lowest BCUT2D eigenvalue weighted by Crippen LogP contribution is -2.42. The summed E-state index contributed by atoms with van der Waals surface area (Å²) in [4.78, 5) is 16.0. The fourth-order valence-corrected chi connectivity index (χ4v) is 1.91. The lowest BCUT2D eigenvalue weighted by molar-refractivity contribution is -0.119. The molecular formula is C12H17N3O. The van der Waals surface area contributed by atoms with E-state index in [2.05, 4.69) is 29.5 Å². The first-order valence-electron chi connectivity index (χ1n) is 5.69. The minimum atomic E-state index is -0.114. The van der Waals surface area contributed by atoms with E-state index in [-0.39, 0.29) is 11.9 Å². The molecule has 0 fully saturated rings. The van der Waals surface area contributed by atoms with E-state index in [1.54, 1.807) is 12.4 Å². The molecule has 86 valence electrons. The lowest BCUT2D eigenvalue weighted by Gasteiger charge is -2.20. The fourth-order valence-electron chi connectivity index (χ4n) is 1.91. The number of fused-ring (bicyclic) bond motifs is 1. The minimum Gasteiger partial charge on any atom is -0.323 e. The molecule has 2 atom stereocenters. The summed E-state index contributed by atoms with van der Waals surface area (Å²) < 4.78 is 0. The van der Waals surface area contributed by atoms with Crippen LogP contribution in [0, 0.1) is 5.92 Å². The summed E-state index contributed by atoms with van der Waals surface area (Å²) in [6.07, 6.45) is 4.43. The Kier molecular flexibility index (Phi) is 3.19. The molecule has 1 amide bonds. The second-order valence-corrected chi connectivity index (χ2v) is 4.27. The predicted molar refractivity (Wildman–Crippen MR) is 62.9 cm³/mol. The normalized spacial score (nSPS) is 21.9. The zero-order chi connectivity index (χ0) is 11.5. The lowest BCUT2D eigenvalue weighted by atomic mass is 9.98. The van der Waals surface area contributed by atoms with Crippen molar-refractivity contribution in [3.05, 3.63) is 24.0 Å². The number of hydrogen-bond acceptors (Lipinski definition) is 3. The molecule has 0 radical (unpaired) electrons. The summed E-state index contributed by atoms with van der Waals surface area (Å²) in [5, 5.41) is 6.22. The van der Waals surface area contributed by atoms with Crippen molar-refractivity contribution in [3.8, 4) is 0 Å². The van der Waals surface area contributed by atoms with Gasteiger partial charge in [-0.25, -0.2) is 0 Å². The van der Waals surface area contributed by atoms with Gasteiger partial charge in [0.05, 0.1) is 17.9 Å². The van der Waals surface area contributed by atoms with Crippen molar-refractivity contribution in [1.29, 1.82) is 0 Å². The fraction of sp³-hybridized carbons (Fsp3) is 0.500. The molecule has 1 aromatic heterocycles. The number of rotatable bonds is 2. The summed E-state index contributed by atoms with van der Waals surface area (Å²) in [5.41, 5.74) is 1.92. The molecule has 2 heterocycles. The van der Waals surface area contributed by atoms with Gasteiger partial charge in [-0.3, -0.25) is 9.78 Å². The maximum Gasteiger partial charge on any atom is 0.241 e. The van der Waals surface area contributed by atoms with Gasteiger partial charge in [-0.15, -0.1) is 0 Å². The molecule has 0 aromatic carbocycles. The van der Waals surface area contributed by atoms with Gasteiger partial charge in [0.25, 0.3) is 0 Å². The summed E-state index contributed by atoms with van der Waals surface area (Å²) >= 11 is 0. The Bertz CT molecular complexity index is 392. The molecule has 4 heteroatoms. The Morgan fingerprint density at radius 1 is 1.62 bits per heavy atom. The highest BCUT2D eigenvalue weighted by Gasteiger charge is 2.26. The zero-order valence-electron chi connectivity index (χ0n) is 9.66. The molecule has 16 heavy (non-hydrogen) atoms. The maximum atomic E-state index is 12.0. The molecule has 0 saturated heterocycles. The molecule has 1 aliphatic heterocycles. The Labute approximate surface area is 95.5 Å². The highest BCUT2D eigenvalue weighted by molar-refractivity contribution is 5.96. The van der Waals surface area contributed by atoms with Crippen molar-refractivity contribution in [2.75, 3.05) is 5.32 Å². The third-order valence-corrected chi connectivity index (χ3v) is 3.18. The number of pyridine rings is 1. The Morgan fingerprint density at radius 3 is 3.19 bits per heavy atom. The van der Waals surface area contributed by atoms with Crippen LogP contribution in [0.25, 0.3) is 0 Å². The van der Waals surface area contributed by atoms with Crippen molar-refractivity contribution in [2.24, 2.45) is 5.92 Å². The highest BCUT2D eigenvalue weighted by Crippen LogP contribution is 2.19. The quantitative estimate of drug-likeness (QED) is 0.793. The van der Waals surface area contributed by atoms with E-state index in [4.69, 9.17) is 0 Å². The first-order chi connectivity index (χ1) is 7.72. The van der Waals surface area contributed by atoms with Crippen LogP contribution in [0.5, 0.6) is 0 Å². The van der Waals surface area contributed by atoms with Crippen LogP contribution in [0.1, 0.15) is 25.8 Å². The van der Waals surface area contributed by atoms with Crippen molar-refractivity contribution < 1.29 is 4.79 Å². The smallest absolute Gasteiger partial charge is 0.241 e. The van der Waals surface area contributed by atoms with Crippen molar-refractivity contribution in [3.63, 3.8) is 0 Å². The number of carbonyl (C=O) groups is 1. The van der Waals surface area contributed by atoms with E-state index < -0.39 is 0 Å². The predicted octanol–water partition coefficient (Wildman–Crippen LogP) is 1.54. The van der Waals surface area contributed by atoms with E-state index in [0.29, 0.717) is 12.5 Å². The number of nitrogens with one attached hydrogen (secondary N) is 2. The highest BCUT2D eigenvalue weighted by atomic mass is 16.2. The monoisotopic (exact) mass is 219 g/mol. The summed E-state index contributed by atoms with van der Waals surface area (Å²) in [6, 6.07) is 1.82. The third kappa shape index (κ3) is 2.07. The number of carbonyl (C=O) groups excluding carboxylic acids is 1. The van der Waals surface area contributed by atoms with Crippen molar-refractivity contribution >= 4 is 11.6 Å². The molecule has 1 aromatic rings. The van der Waals surface area contributed by atoms with Gasteiger partial charge in [0.2, 0.25) is 5.91 Å².